The molecule has 0 aliphatic carbocycles. The molecule has 32 heavy (non-hydrogen) atoms. The number of hydrogen-bond donors (Lipinski definition) is 0. The van der Waals surface area contributed by atoms with E-state index in [1.807, 2.05) is 16.8 Å². The molecule has 0 N–H and O–H groups in total. The lowest BCUT2D eigenvalue weighted by molar-refractivity contribution is 0.315. The summed E-state index contributed by atoms with van der Waals surface area (Å²) in [7, 11) is 4.31. The van der Waals surface area contributed by atoms with E-state index in [1.165, 1.54) is 29.8 Å². The quantitative estimate of drug-likeness (QED) is 0.435. The van der Waals surface area contributed by atoms with Crippen LogP contribution >= 0.6 is 0 Å². The third-order valence-electron chi connectivity index (χ3n) is 6.74. The van der Waals surface area contributed by atoms with E-state index < -0.39 is 0 Å². The van der Waals surface area contributed by atoms with Crippen LogP contribution < -0.4 is 4.90 Å². The first-order valence-corrected chi connectivity index (χ1v) is 11.0. The van der Waals surface area contributed by atoms with Gasteiger partial charge in [-0.3, -0.25) is 0 Å². The normalized spacial score (nSPS) is 17.2. The van der Waals surface area contributed by atoms with Crippen LogP contribution in [0.5, 0.6) is 0 Å². The molecule has 0 saturated carbocycles. The zero-order valence-corrected chi connectivity index (χ0v) is 18.2. The number of aromatic nitrogens is 4. The minimum absolute atomic E-state index is 0.228. The lowest BCUT2D eigenvalue weighted by Gasteiger charge is -2.23. The molecule has 2 aliphatic heterocycles. The van der Waals surface area contributed by atoms with Crippen LogP contribution in [0.1, 0.15) is 12.0 Å². The Morgan fingerprint density at radius 1 is 1.03 bits per heavy atom. The Bertz CT molecular complexity index is 1290. The van der Waals surface area contributed by atoms with Crippen molar-refractivity contribution in [1.29, 1.82) is 0 Å². The number of rotatable bonds is 3. The Morgan fingerprint density at radius 3 is 2.66 bits per heavy atom. The average molecular weight is 429 g/mol. The molecule has 0 bridgehead atoms. The molecule has 1 saturated heterocycles. The average Bonchev–Trinajstić information content (AvgIpc) is 3.53. The van der Waals surface area contributed by atoms with E-state index in [1.54, 1.807) is 6.33 Å². The molecule has 1 atom stereocenters. The molecule has 0 unspecified atom stereocenters. The molecule has 7 heteroatoms. The zero-order valence-electron chi connectivity index (χ0n) is 18.2. The standard InChI is InChI=1S/C25H25FN6/c1-29(2)22-9-10-30(15-22)21-7-8-23-19(11-21)14-31-13-18(17-3-5-20(26)6-4-17)12-24(31)25-27-16-28-32(23)25/h3-8,11-13,16,22H,9-10,14-15H2,1-2H3/t22-/m1/s1. The minimum Gasteiger partial charge on any atom is -0.370 e. The number of fused-ring (bicyclic) bond motifs is 5. The first-order valence-electron chi connectivity index (χ1n) is 11.0. The van der Waals surface area contributed by atoms with Gasteiger partial charge in [-0.2, -0.15) is 5.10 Å². The Hall–Kier alpha value is -3.45. The van der Waals surface area contributed by atoms with Crippen molar-refractivity contribution >= 4 is 5.69 Å². The van der Waals surface area contributed by atoms with E-state index in [0.717, 1.165) is 48.0 Å². The first kappa shape index (κ1) is 19.3. The molecule has 2 aromatic heterocycles. The molecule has 4 aromatic rings. The second-order valence-electron chi connectivity index (χ2n) is 8.91. The molecule has 0 amide bonds. The van der Waals surface area contributed by atoms with E-state index in [4.69, 9.17) is 0 Å². The molecule has 162 valence electrons. The topological polar surface area (TPSA) is 42.1 Å². The summed E-state index contributed by atoms with van der Waals surface area (Å²) in [5, 5.41) is 4.54. The Kier molecular flexibility index (Phi) is 4.40. The van der Waals surface area contributed by atoms with Gasteiger partial charge in [0.2, 0.25) is 0 Å². The van der Waals surface area contributed by atoms with Gasteiger partial charge in [0.05, 0.1) is 11.4 Å². The predicted molar refractivity (Wildman–Crippen MR) is 124 cm³/mol. The molecule has 1 fully saturated rings. The van der Waals surface area contributed by atoms with Gasteiger partial charge in [0.15, 0.2) is 5.82 Å². The molecule has 4 heterocycles. The van der Waals surface area contributed by atoms with Crippen LogP contribution in [0.4, 0.5) is 10.1 Å². The van der Waals surface area contributed by atoms with Crippen LogP contribution in [0.3, 0.4) is 0 Å². The maximum absolute atomic E-state index is 13.4. The summed E-state index contributed by atoms with van der Waals surface area (Å²) >= 11 is 0. The highest BCUT2D eigenvalue weighted by atomic mass is 19.1. The zero-order chi connectivity index (χ0) is 21.8. The fourth-order valence-electron chi connectivity index (χ4n) is 4.90. The minimum atomic E-state index is -0.228. The number of hydrogen-bond acceptors (Lipinski definition) is 4. The molecule has 6 nitrogen and oxygen atoms in total. The SMILES string of the molecule is CN(C)[C@@H]1CCN(c2ccc3c(c2)Cn2cc(-c4ccc(F)cc4)cc2-c2ncnn2-3)C1. The summed E-state index contributed by atoms with van der Waals surface area (Å²) < 4.78 is 17.6. The number of nitrogens with zero attached hydrogens (tertiary/aromatic N) is 6. The lowest BCUT2D eigenvalue weighted by atomic mass is 10.1. The fourth-order valence-corrected chi connectivity index (χ4v) is 4.90. The Balaban J connectivity index is 1.41. The summed E-state index contributed by atoms with van der Waals surface area (Å²) in [6.45, 7) is 2.85. The van der Waals surface area contributed by atoms with Crippen molar-refractivity contribution in [3.05, 3.63) is 72.4 Å². The second-order valence-corrected chi connectivity index (χ2v) is 8.91. The maximum atomic E-state index is 13.4. The van der Waals surface area contributed by atoms with Gasteiger partial charge >= 0.3 is 0 Å². The number of benzene rings is 2. The van der Waals surface area contributed by atoms with Crippen LogP contribution in [-0.2, 0) is 6.54 Å². The van der Waals surface area contributed by atoms with Crippen LogP contribution in [0.15, 0.2) is 61.1 Å². The first-order chi connectivity index (χ1) is 15.6. The number of halogens is 1. The van der Waals surface area contributed by atoms with Crippen molar-refractivity contribution in [3.63, 3.8) is 0 Å². The maximum Gasteiger partial charge on any atom is 0.179 e. The predicted octanol–water partition coefficient (Wildman–Crippen LogP) is 4.04. The number of anilines is 1. The largest absolute Gasteiger partial charge is 0.370 e. The molecule has 0 radical (unpaired) electrons. The van der Waals surface area contributed by atoms with Gasteiger partial charge in [-0.1, -0.05) is 12.1 Å². The molecule has 2 aromatic carbocycles. The van der Waals surface area contributed by atoms with Crippen LogP contribution in [0.2, 0.25) is 0 Å². The van der Waals surface area contributed by atoms with Gasteiger partial charge in [0.1, 0.15) is 12.1 Å². The summed E-state index contributed by atoms with van der Waals surface area (Å²) in [5.74, 6) is 0.591. The van der Waals surface area contributed by atoms with Gasteiger partial charge in [0, 0.05) is 43.1 Å². The Labute approximate surface area is 186 Å². The van der Waals surface area contributed by atoms with Crippen molar-refractivity contribution in [3.8, 4) is 28.3 Å². The third-order valence-corrected chi connectivity index (χ3v) is 6.74. The van der Waals surface area contributed by atoms with Gasteiger partial charge in [-0.15, -0.1) is 0 Å². The van der Waals surface area contributed by atoms with Crippen LogP contribution in [-0.4, -0.2) is 57.5 Å². The monoisotopic (exact) mass is 428 g/mol. The molecular formula is C25H25FN6. The lowest BCUT2D eigenvalue weighted by Crippen LogP contribution is -2.31. The summed E-state index contributed by atoms with van der Waals surface area (Å²) in [6, 6.07) is 16.0. The second kappa shape index (κ2) is 7.31. The van der Waals surface area contributed by atoms with Crippen molar-refractivity contribution in [1.82, 2.24) is 24.2 Å². The van der Waals surface area contributed by atoms with Gasteiger partial charge in [0.25, 0.3) is 0 Å². The van der Waals surface area contributed by atoms with E-state index in [-0.39, 0.29) is 5.82 Å². The van der Waals surface area contributed by atoms with Crippen LogP contribution in [0, 0.1) is 5.82 Å². The Morgan fingerprint density at radius 2 is 1.88 bits per heavy atom. The van der Waals surface area contributed by atoms with E-state index in [2.05, 4.69) is 69.0 Å². The van der Waals surface area contributed by atoms with Gasteiger partial charge in [-0.05, 0) is 68.0 Å². The van der Waals surface area contributed by atoms with Gasteiger partial charge < -0.3 is 14.4 Å². The highest BCUT2D eigenvalue weighted by molar-refractivity contribution is 5.71. The van der Waals surface area contributed by atoms with Crippen molar-refractivity contribution in [2.45, 2.75) is 19.0 Å². The van der Waals surface area contributed by atoms with Gasteiger partial charge in [-0.25, -0.2) is 14.1 Å². The molecular weight excluding hydrogens is 403 g/mol. The van der Waals surface area contributed by atoms with Crippen LogP contribution in [0.25, 0.3) is 28.3 Å². The third kappa shape index (κ3) is 3.12. The molecule has 0 spiro atoms. The smallest absolute Gasteiger partial charge is 0.179 e. The van der Waals surface area contributed by atoms with Crippen molar-refractivity contribution < 1.29 is 4.39 Å². The number of likely N-dealkylation sites (N-methyl/N-ethyl adjacent to an activating group) is 1. The van der Waals surface area contributed by atoms with Crippen molar-refractivity contribution in [2.75, 3.05) is 32.1 Å². The van der Waals surface area contributed by atoms with E-state index in [9.17, 15) is 4.39 Å². The van der Waals surface area contributed by atoms with E-state index >= 15 is 0 Å². The highest BCUT2D eigenvalue weighted by Gasteiger charge is 2.26. The summed E-state index contributed by atoms with van der Waals surface area (Å²) in [4.78, 5) is 9.35. The molecule has 6 rings (SSSR count). The summed E-state index contributed by atoms with van der Waals surface area (Å²) in [5.41, 5.74) is 6.57. The van der Waals surface area contributed by atoms with Crippen molar-refractivity contribution in [2.24, 2.45) is 0 Å². The van der Waals surface area contributed by atoms with E-state index in [0.29, 0.717) is 6.04 Å². The summed E-state index contributed by atoms with van der Waals surface area (Å²) in [6.07, 6.45) is 4.91. The fraction of sp³-hybridized carbons (Fsp3) is 0.280. The molecule has 2 aliphatic rings. The highest BCUT2D eigenvalue weighted by Crippen LogP contribution is 2.35.